The Morgan fingerprint density at radius 3 is 2.42 bits per heavy atom. The molecule has 0 heterocycles. The molecule has 33 heavy (non-hydrogen) atoms. The molecule has 0 aliphatic heterocycles. The van der Waals surface area contributed by atoms with Gasteiger partial charge in [0.15, 0.2) is 6.61 Å². The first-order chi connectivity index (χ1) is 15.7. The average molecular weight is 471 g/mol. The predicted molar refractivity (Wildman–Crippen MR) is 122 cm³/mol. The van der Waals surface area contributed by atoms with Crippen molar-refractivity contribution in [3.63, 3.8) is 0 Å². The highest BCUT2D eigenvalue weighted by molar-refractivity contribution is 7.92. The number of sulfonamides is 1. The van der Waals surface area contributed by atoms with E-state index in [0.29, 0.717) is 18.7 Å². The third-order valence-electron chi connectivity index (χ3n) is 4.63. The molecule has 0 unspecified atom stereocenters. The van der Waals surface area contributed by atoms with Crippen LogP contribution in [0.3, 0.4) is 0 Å². The fourth-order valence-electron chi connectivity index (χ4n) is 2.98. The van der Waals surface area contributed by atoms with E-state index < -0.39 is 28.5 Å². The van der Waals surface area contributed by atoms with Gasteiger partial charge in [-0.05, 0) is 66.9 Å². The minimum atomic E-state index is -3.92. The number of aryl methyl sites for hydroxylation is 1. The maximum atomic E-state index is 12.9. The molecule has 3 aromatic rings. The van der Waals surface area contributed by atoms with E-state index in [0.717, 1.165) is 11.1 Å². The molecule has 172 valence electrons. The Bertz CT molecular complexity index is 1240. The molecule has 0 fully saturated rings. The lowest BCUT2D eigenvalue weighted by atomic mass is 10.1. The number of benzene rings is 3. The van der Waals surface area contributed by atoms with Gasteiger partial charge in [0, 0.05) is 12.2 Å². The number of ether oxygens (including phenoxy) is 1. The first-order valence-corrected chi connectivity index (χ1v) is 11.6. The van der Waals surface area contributed by atoms with Crippen molar-refractivity contribution in [1.29, 1.82) is 0 Å². The lowest BCUT2D eigenvalue weighted by Crippen LogP contribution is -2.30. The number of hydrogen-bond acceptors (Lipinski definition) is 5. The first-order valence-electron chi connectivity index (χ1n) is 10.1. The summed E-state index contributed by atoms with van der Waals surface area (Å²) in [5.41, 5.74) is 2.15. The fraction of sp³-hybridized carbons (Fsp3) is 0.167. The molecule has 0 bridgehead atoms. The molecule has 0 spiro atoms. The average Bonchev–Trinajstić information content (AvgIpc) is 2.78. The zero-order valence-corrected chi connectivity index (χ0v) is 18.7. The Morgan fingerprint density at radius 1 is 0.970 bits per heavy atom. The van der Waals surface area contributed by atoms with Crippen LogP contribution in [0.2, 0.25) is 0 Å². The van der Waals surface area contributed by atoms with Gasteiger partial charge in [-0.1, -0.05) is 30.3 Å². The minimum Gasteiger partial charge on any atom is -0.452 e. The topological polar surface area (TPSA) is 102 Å². The summed E-state index contributed by atoms with van der Waals surface area (Å²) in [5, 5.41) is 2.60. The van der Waals surface area contributed by atoms with Crippen molar-refractivity contribution >= 4 is 27.6 Å². The van der Waals surface area contributed by atoms with E-state index in [1.54, 1.807) is 30.3 Å². The van der Waals surface area contributed by atoms with Crippen molar-refractivity contribution in [2.24, 2.45) is 0 Å². The van der Waals surface area contributed by atoms with Crippen LogP contribution in [0.4, 0.5) is 10.1 Å². The van der Waals surface area contributed by atoms with Crippen molar-refractivity contribution in [1.82, 2.24) is 5.32 Å². The van der Waals surface area contributed by atoms with Crippen molar-refractivity contribution in [2.45, 2.75) is 18.2 Å². The van der Waals surface area contributed by atoms with Crippen LogP contribution in [-0.2, 0) is 26.0 Å². The Kier molecular flexibility index (Phi) is 7.78. The summed E-state index contributed by atoms with van der Waals surface area (Å²) in [6.07, 6.45) is 0.494. The van der Waals surface area contributed by atoms with E-state index in [1.807, 2.05) is 13.0 Å². The molecule has 3 aromatic carbocycles. The van der Waals surface area contributed by atoms with Crippen molar-refractivity contribution in [3.05, 3.63) is 95.3 Å². The van der Waals surface area contributed by atoms with Crippen LogP contribution in [-0.4, -0.2) is 33.4 Å². The maximum absolute atomic E-state index is 12.9. The van der Waals surface area contributed by atoms with E-state index in [4.69, 9.17) is 4.74 Å². The van der Waals surface area contributed by atoms with Gasteiger partial charge >= 0.3 is 5.97 Å². The molecule has 7 nitrogen and oxygen atoms in total. The molecule has 0 radical (unpaired) electrons. The highest BCUT2D eigenvalue weighted by atomic mass is 32.2. The number of nitrogens with one attached hydrogen (secondary N) is 2. The fourth-order valence-corrected chi connectivity index (χ4v) is 4.07. The quantitative estimate of drug-likeness (QED) is 0.467. The number of carbonyl (C=O) groups excluding carboxylic acids is 2. The monoisotopic (exact) mass is 470 g/mol. The summed E-state index contributed by atoms with van der Waals surface area (Å²) in [7, 11) is -3.92. The molecule has 3 rings (SSSR count). The molecule has 0 saturated carbocycles. The van der Waals surface area contributed by atoms with Gasteiger partial charge in [-0.25, -0.2) is 17.6 Å². The zero-order chi connectivity index (χ0) is 23.8. The van der Waals surface area contributed by atoms with E-state index in [-0.39, 0.29) is 16.3 Å². The molecule has 0 aliphatic carbocycles. The van der Waals surface area contributed by atoms with Gasteiger partial charge < -0.3 is 10.1 Å². The Labute approximate surface area is 191 Å². The van der Waals surface area contributed by atoms with Crippen LogP contribution in [0.25, 0.3) is 0 Å². The van der Waals surface area contributed by atoms with Crippen LogP contribution in [0.15, 0.2) is 77.7 Å². The van der Waals surface area contributed by atoms with Gasteiger partial charge in [-0.2, -0.15) is 0 Å². The van der Waals surface area contributed by atoms with Gasteiger partial charge in [-0.3, -0.25) is 9.52 Å². The second-order valence-corrected chi connectivity index (χ2v) is 8.99. The van der Waals surface area contributed by atoms with Crippen molar-refractivity contribution in [3.8, 4) is 0 Å². The summed E-state index contributed by atoms with van der Waals surface area (Å²) >= 11 is 0. The smallest absolute Gasteiger partial charge is 0.338 e. The van der Waals surface area contributed by atoms with Crippen LogP contribution in [0.1, 0.15) is 21.5 Å². The Hall–Kier alpha value is -3.72. The maximum Gasteiger partial charge on any atom is 0.338 e. The van der Waals surface area contributed by atoms with E-state index in [1.165, 1.54) is 36.4 Å². The normalized spacial score (nSPS) is 11.0. The molecule has 0 saturated heterocycles. The third-order valence-corrected chi connectivity index (χ3v) is 6.01. The second kappa shape index (κ2) is 10.7. The van der Waals surface area contributed by atoms with E-state index in [2.05, 4.69) is 10.0 Å². The number of halogens is 1. The number of esters is 1. The SMILES string of the molecule is Cc1cccc(NS(=O)(=O)c2cccc(C(=O)OCC(=O)NCCc3ccc(F)cc3)c2)c1. The number of anilines is 1. The molecule has 0 aromatic heterocycles. The highest BCUT2D eigenvalue weighted by Crippen LogP contribution is 2.18. The van der Waals surface area contributed by atoms with Crippen LogP contribution in [0, 0.1) is 12.7 Å². The first kappa shape index (κ1) is 23.9. The molecule has 1 amide bonds. The van der Waals surface area contributed by atoms with Gasteiger partial charge in [-0.15, -0.1) is 0 Å². The molecule has 9 heteroatoms. The second-order valence-electron chi connectivity index (χ2n) is 7.31. The number of carbonyl (C=O) groups is 2. The summed E-state index contributed by atoms with van der Waals surface area (Å²) in [6.45, 7) is 1.62. The van der Waals surface area contributed by atoms with Gasteiger partial charge in [0.2, 0.25) is 0 Å². The van der Waals surface area contributed by atoms with Crippen LogP contribution >= 0.6 is 0 Å². The zero-order valence-electron chi connectivity index (χ0n) is 17.9. The van der Waals surface area contributed by atoms with Crippen LogP contribution in [0.5, 0.6) is 0 Å². The van der Waals surface area contributed by atoms with Gasteiger partial charge in [0.05, 0.1) is 10.5 Å². The molecular weight excluding hydrogens is 447 g/mol. The van der Waals surface area contributed by atoms with Gasteiger partial charge in [0.1, 0.15) is 5.82 Å². The summed E-state index contributed by atoms with van der Waals surface area (Å²) in [5.74, 6) is -1.66. The standard InChI is InChI=1S/C24H23FN2O5S/c1-17-4-2-6-21(14-17)27-33(30,31)22-7-3-5-19(15-22)24(29)32-16-23(28)26-13-12-18-8-10-20(25)11-9-18/h2-11,14-15,27H,12-13,16H2,1H3,(H,26,28). The number of hydrogen-bond donors (Lipinski definition) is 2. The summed E-state index contributed by atoms with van der Waals surface area (Å²) in [4.78, 5) is 24.1. The largest absolute Gasteiger partial charge is 0.452 e. The van der Waals surface area contributed by atoms with E-state index >= 15 is 0 Å². The highest BCUT2D eigenvalue weighted by Gasteiger charge is 2.18. The summed E-state index contributed by atoms with van der Waals surface area (Å²) in [6, 6.07) is 18.2. The summed E-state index contributed by atoms with van der Waals surface area (Å²) < 4.78 is 45.7. The Balaban J connectivity index is 1.53. The molecule has 0 aliphatic rings. The number of rotatable bonds is 9. The Morgan fingerprint density at radius 2 is 1.70 bits per heavy atom. The van der Waals surface area contributed by atoms with Crippen molar-refractivity contribution < 1.29 is 27.1 Å². The number of amides is 1. The van der Waals surface area contributed by atoms with Crippen molar-refractivity contribution in [2.75, 3.05) is 17.9 Å². The molecule has 2 N–H and O–H groups in total. The lowest BCUT2D eigenvalue weighted by Gasteiger charge is -2.10. The van der Waals surface area contributed by atoms with E-state index in [9.17, 15) is 22.4 Å². The van der Waals surface area contributed by atoms with Gasteiger partial charge in [0.25, 0.3) is 15.9 Å². The lowest BCUT2D eigenvalue weighted by molar-refractivity contribution is -0.124. The minimum absolute atomic E-state index is 0.00114. The predicted octanol–water partition coefficient (Wildman–Crippen LogP) is 3.45. The molecular formula is C24H23FN2O5S. The van der Waals surface area contributed by atoms with Crippen LogP contribution < -0.4 is 10.0 Å². The third kappa shape index (κ3) is 7.15. The molecule has 0 atom stereocenters.